The van der Waals surface area contributed by atoms with Crippen molar-refractivity contribution in [2.45, 2.75) is 63.3 Å². The number of hydrogen-bond donors (Lipinski definition) is 2. The first-order valence-electron chi connectivity index (χ1n) is 7.81. The second kappa shape index (κ2) is 9.50. The molecule has 122 valence electrons. The first-order chi connectivity index (χ1) is 10.4. The van der Waals surface area contributed by atoms with Crippen LogP contribution in [-0.4, -0.2) is 14.5 Å². The molecular weight excluding hydrogens is 296 g/mol. The molecule has 0 saturated heterocycles. The Balaban J connectivity index is 2.38. The van der Waals surface area contributed by atoms with E-state index in [0.29, 0.717) is 0 Å². The van der Waals surface area contributed by atoms with Gasteiger partial charge in [0.1, 0.15) is 0 Å². The van der Waals surface area contributed by atoms with Gasteiger partial charge in [0.25, 0.3) is 0 Å². The van der Waals surface area contributed by atoms with E-state index >= 15 is 0 Å². The van der Waals surface area contributed by atoms with Crippen LogP contribution in [-0.2, 0) is 10.0 Å². The van der Waals surface area contributed by atoms with Crippen molar-refractivity contribution in [1.29, 1.82) is 0 Å². The summed E-state index contributed by atoms with van der Waals surface area (Å²) >= 11 is 0. The monoisotopic (exact) mass is 322 g/mol. The Morgan fingerprint density at radius 1 is 1.14 bits per heavy atom. The molecule has 1 rings (SSSR count). The number of nitrogens with one attached hydrogen (secondary N) is 1. The molecule has 1 aromatic carbocycles. The van der Waals surface area contributed by atoms with Gasteiger partial charge in [-0.25, -0.2) is 13.6 Å². The molecule has 0 spiro atoms. The summed E-state index contributed by atoms with van der Waals surface area (Å²) in [5.74, 6) is 6.35. The molecule has 1 unspecified atom stereocenters. The number of sulfonamides is 1. The van der Waals surface area contributed by atoms with Crippen molar-refractivity contribution in [2.75, 3.05) is 5.32 Å². The van der Waals surface area contributed by atoms with Crippen LogP contribution >= 0.6 is 0 Å². The number of nitrogens with two attached hydrogens (primary N) is 1. The highest BCUT2D eigenvalue weighted by Gasteiger charge is 2.06. The topological polar surface area (TPSA) is 72.2 Å². The molecule has 0 fully saturated rings. The lowest BCUT2D eigenvalue weighted by Crippen LogP contribution is -2.14. The van der Waals surface area contributed by atoms with Crippen LogP contribution in [0.4, 0.5) is 5.69 Å². The highest BCUT2D eigenvalue weighted by molar-refractivity contribution is 7.89. The van der Waals surface area contributed by atoms with E-state index in [-0.39, 0.29) is 10.9 Å². The van der Waals surface area contributed by atoms with Gasteiger partial charge in [0.15, 0.2) is 0 Å². The van der Waals surface area contributed by atoms with Crippen molar-refractivity contribution < 1.29 is 8.42 Å². The van der Waals surface area contributed by atoms with Crippen LogP contribution in [0.5, 0.6) is 0 Å². The lowest BCUT2D eigenvalue weighted by Gasteiger charge is -2.09. The Labute approximate surface area is 134 Å². The molecule has 0 amide bonds. The summed E-state index contributed by atoms with van der Waals surface area (Å²) in [7, 11) is -3.63. The van der Waals surface area contributed by atoms with Crippen LogP contribution < -0.4 is 10.5 Å². The average Bonchev–Trinajstić information content (AvgIpc) is 2.46. The summed E-state index contributed by atoms with van der Waals surface area (Å²) in [5.41, 5.74) is 0.831. The Morgan fingerprint density at radius 3 is 2.36 bits per heavy atom. The largest absolute Gasteiger partial charge is 0.372 e. The smallest absolute Gasteiger partial charge is 0.238 e. The molecule has 0 aromatic heterocycles. The first kappa shape index (κ1) is 18.5. The summed E-state index contributed by atoms with van der Waals surface area (Å²) in [4.78, 5) is 0.115. The van der Waals surface area contributed by atoms with Crippen LogP contribution in [0.2, 0.25) is 0 Å². The maximum absolute atomic E-state index is 11.2. The van der Waals surface area contributed by atoms with Crippen LogP contribution in [0, 0.1) is 11.8 Å². The zero-order valence-electron chi connectivity index (χ0n) is 13.4. The standard InChI is InChI=1S/C17H26N2O2S/c1-3-4-5-6-7-8-9-10-15(2)19-16-11-13-17(14-12-16)22(18,20)21/h11-15,19H,3-8H2,1-2H3,(H2,18,20,21). The fourth-order valence-corrected chi connectivity index (χ4v) is 2.58. The lowest BCUT2D eigenvalue weighted by molar-refractivity contribution is 0.598. The summed E-state index contributed by atoms with van der Waals surface area (Å²) < 4.78 is 22.3. The number of unbranched alkanes of at least 4 members (excludes halogenated alkanes) is 5. The molecule has 0 radical (unpaired) electrons. The molecule has 0 aliphatic carbocycles. The molecule has 0 heterocycles. The van der Waals surface area contributed by atoms with E-state index in [9.17, 15) is 8.42 Å². The van der Waals surface area contributed by atoms with Crippen LogP contribution in [0.1, 0.15) is 52.4 Å². The second-order valence-corrected chi connectivity index (χ2v) is 6.98. The summed E-state index contributed by atoms with van der Waals surface area (Å²) in [6.45, 7) is 4.19. The van der Waals surface area contributed by atoms with Crippen molar-refractivity contribution in [3.05, 3.63) is 24.3 Å². The van der Waals surface area contributed by atoms with E-state index in [1.54, 1.807) is 12.1 Å². The van der Waals surface area contributed by atoms with Crippen molar-refractivity contribution in [2.24, 2.45) is 5.14 Å². The van der Waals surface area contributed by atoms with Gasteiger partial charge in [-0.1, -0.05) is 38.5 Å². The van der Waals surface area contributed by atoms with E-state index in [0.717, 1.165) is 18.5 Å². The minimum atomic E-state index is -3.63. The zero-order chi connectivity index (χ0) is 16.4. The Kier molecular flexibility index (Phi) is 8.00. The Morgan fingerprint density at radius 2 is 1.77 bits per heavy atom. The van der Waals surface area contributed by atoms with Crippen LogP contribution in [0.3, 0.4) is 0 Å². The average molecular weight is 322 g/mol. The predicted molar refractivity (Wildman–Crippen MR) is 92.1 cm³/mol. The third kappa shape index (κ3) is 7.48. The van der Waals surface area contributed by atoms with Gasteiger partial charge in [-0.05, 0) is 37.6 Å². The maximum atomic E-state index is 11.2. The minimum Gasteiger partial charge on any atom is -0.372 e. The van der Waals surface area contributed by atoms with Gasteiger partial charge in [-0.15, -0.1) is 5.92 Å². The normalized spacial score (nSPS) is 12.3. The second-order valence-electron chi connectivity index (χ2n) is 5.42. The first-order valence-corrected chi connectivity index (χ1v) is 9.36. The highest BCUT2D eigenvalue weighted by atomic mass is 32.2. The molecule has 1 atom stereocenters. The van der Waals surface area contributed by atoms with Gasteiger partial charge in [-0.2, -0.15) is 0 Å². The SMILES string of the molecule is CCCCCCCC#CC(C)Nc1ccc(S(N)(=O)=O)cc1. The number of anilines is 1. The van der Waals surface area contributed by atoms with Gasteiger partial charge in [0.2, 0.25) is 10.0 Å². The minimum absolute atomic E-state index is 0.0241. The molecule has 22 heavy (non-hydrogen) atoms. The highest BCUT2D eigenvalue weighted by Crippen LogP contribution is 2.13. The number of benzene rings is 1. The summed E-state index contributed by atoms with van der Waals surface area (Å²) in [6, 6.07) is 6.40. The quantitative estimate of drug-likeness (QED) is 0.568. The van der Waals surface area contributed by atoms with Crippen molar-refractivity contribution in [3.8, 4) is 11.8 Å². The van der Waals surface area contributed by atoms with E-state index in [4.69, 9.17) is 5.14 Å². The van der Waals surface area contributed by atoms with E-state index in [2.05, 4.69) is 24.1 Å². The third-order valence-corrected chi connectivity index (χ3v) is 4.22. The fourth-order valence-electron chi connectivity index (χ4n) is 2.07. The Hall–Kier alpha value is -1.51. The van der Waals surface area contributed by atoms with Crippen molar-refractivity contribution in [1.82, 2.24) is 0 Å². The molecule has 4 nitrogen and oxygen atoms in total. The molecule has 0 bridgehead atoms. The van der Waals surface area contributed by atoms with Crippen LogP contribution in [0.15, 0.2) is 29.2 Å². The lowest BCUT2D eigenvalue weighted by atomic mass is 10.1. The number of hydrogen-bond acceptors (Lipinski definition) is 3. The van der Waals surface area contributed by atoms with Gasteiger partial charge in [0.05, 0.1) is 10.9 Å². The molecule has 0 aliphatic rings. The summed E-state index contributed by atoms with van der Waals surface area (Å²) in [6.07, 6.45) is 7.20. The zero-order valence-corrected chi connectivity index (χ0v) is 14.2. The van der Waals surface area contributed by atoms with Gasteiger partial charge in [0, 0.05) is 12.1 Å². The molecule has 5 heteroatoms. The molecule has 3 N–H and O–H groups in total. The van der Waals surface area contributed by atoms with Crippen molar-refractivity contribution >= 4 is 15.7 Å². The Bertz CT molecular complexity index is 598. The van der Waals surface area contributed by atoms with Gasteiger partial charge >= 0.3 is 0 Å². The number of primary sulfonamides is 1. The molecule has 0 saturated carbocycles. The fraction of sp³-hybridized carbons (Fsp3) is 0.529. The van der Waals surface area contributed by atoms with E-state index < -0.39 is 10.0 Å². The summed E-state index contributed by atoms with van der Waals surface area (Å²) in [5, 5.41) is 8.28. The maximum Gasteiger partial charge on any atom is 0.238 e. The third-order valence-electron chi connectivity index (χ3n) is 3.29. The van der Waals surface area contributed by atoms with Gasteiger partial charge in [-0.3, -0.25) is 0 Å². The molecular formula is C17H26N2O2S. The van der Waals surface area contributed by atoms with Gasteiger partial charge < -0.3 is 5.32 Å². The molecule has 0 aliphatic heterocycles. The van der Waals surface area contributed by atoms with Crippen LogP contribution in [0.25, 0.3) is 0 Å². The molecule has 1 aromatic rings. The van der Waals surface area contributed by atoms with E-state index in [1.807, 2.05) is 6.92 Å². The predicted octanol–water partition coefficient (Wildman–Crippen LogP) is 3.50. The number of rotatable bonds is 8. The van der Waals surface area contributed by atoms with Crippen molar-refractivity contribution in [3.63, 3.8) is 0 Å². The van der Waals surface area contributed by atoms with E-state index in [1.165, 1.54) is 37.8 Å².